The maximum absolute atomic E-state index is 8.25. The average molecular weight is 210 g/mol. The van der Waals surface area contributed by atoms with E-state index in [0.717, 1.165) is 13.0 Å². The van der Waals surface area contributed by atoms with E-state index in [2.05, 4.69) is 12.2 Å². The van der Waals surface area contributed by atoms with E-state index in [1.54, 1.807) is 0 Å². The SMILES string of the molecule is CCCCCCCCCCCCNC#N. The highest BCUT2D eigenvalue weighted by Gasteiger charge is 1.91. The first-order chi connectivity index (χ1) is 7.41. The summed E-state index contributed by atoms with van der Waals surface area (Å²) in [6.45, 7) is 3.11. The van der Waals surface area contributed by atoms with Crippen molar-refractivity contribution in [1.29, 1.82) is 5.26 Å². The van der Waals surface area contributed by atoms with Gasteiger partial charge in [-0.15, -0.1) is 0 Å². The van der Waals surface area contributed by atoms with E-state index in [1.807, 2.05) is 6.19 Å². The van der Waals surface area contributed by atoms with Gasteiger partial charge in [0.15, 0.2) is 6.19 Å². The van der Waals surface area contributed by atoms with Gasteiger partial charge in [0.25, 0.3) is 0 Å². The number of unbranched alkanes of at least 4 members (excludes halogenated alkanes) is 9. The molecule has 0 rings (SSSR count). The minimum absolute atomic E-state index is 0.854. The molecule has 2 heteroatoms. The summed E-state index contributed by atoms with van der Waals surface area (Å²) in [6.07, 6.45) is 15.5. The highest BCUT2D eigenvalue weighted by atomic mass is 14.8. The molecule has 0 saturated heterocycles. The van der Waals surface area contributed by atoms with Crippen LogP contribution in [0.2, 0.25) is 0 Å². The second-order valence-electron chi connectivity index (χ2n) is 4.22. The zero-order valence-corrected chi connectivity index (χ0v) is 10.2. The fraction of sp³-hybridized carbons (Fsp3) is 0.923. The van der Waals surface area contributed by atoms with Crippen LogP contribution < -0.4 is 5.32 Å². The van der Waals surface area contributed by atoms with Crippen LogP contribution in [-0.4, -0.2) is 6.54 Å². The molecule has 0 aromatic carbocycles. The van der Waals surface area contributed by atoms with Crippen LogP contribution in [0.25, 0.3) is 0 Å². The van der Waals surface area contributed by atoms with Crippen LogP contribution in [0.3, 0.4) is 0 Å². The Balaban J connectivity index is 2.84. The van der Waals surface area contributed by atoms with Crippen LogP contribution >= 0.6 is 0 Å². The molecule has 0 unspecified atom stereocenters. The smallest absolute Gasteiger partial charge is 0.176 e. The predicted molar refractivity (Wildman–Crippen MR) is 65.5 cm³/mol. The zero-order chi connectivity index (χ0) is 11.2. The summed E-state index contributed by atoms with van der Waals surface area (Å²) >= 11 is 0. The highest BCUT2D eigenvalue weighted by Crippen LogP contribution is 2.09. The molecule has 1 N–H and O–H groups in total. The molecule has 0 heterocycles. The second-order valence-corrected chi connectivity index (χ2v) is 4.22. The van der Waals surface area contributed by atoms with Gasteiger partial charge in [-0.1, -0.05) is 64.7 Å². The summed E-state index contributed by atoms with van der Waals surface area (Å²) in [6, 6.07) is 0. The van der Waals surface area contributed by atoms with Crippen molar-refractivity contribution in [3.05, 3.63) is 0 Å². The quantitative estimate of drug-likeness (QED) is 0.318. The molecule has 0 atom stereocenters. The van der Waals surface area contributed by atoms with Gasteiger partial charge in [0.2, 0.25) is 0 Å². The lowest BCUT2D eigenvalue weighted by Gasteiger charge is -2.01. The topological polar surface area (TPSA) is 35.8 Å². The third kappa shape index (κ3) is 13.3. The predicted octanol–water partition coefficient (Wildman–Crippen LogP) is 3.98. The first-order valence-corrected chi connectivity index (χ1v) is 6.53. The number of hydrogen-bond acceptors (Lipinski definition) is 2. The molecule has 0 aliphatic rings. The number of hydrogen-bond donors (Lipinski definition) is 1. The summed E-state index contributed by atoms with van der Waals surface area (Å²) in [5.74, 6) is 0. The van der Waals surface area contributed by atoms with Crippen LogP contribution in [-0.2, 0) is 0 Å². The molecule has 15 heavy (non-hydrogen) atoms. The molecule has 0 saturated carbocycles. The molecule has 0 bridgehead atoms. The van der Waals surface area contributed by atoms with Crippen LogP contribution in [0, 0.1) is 11.5 Å². The minimum atomic E-state index is 0.854. The fourth-order valence-corrected chi connectivity index (χ4v) is 1.76. The molecular formula is C13H26N2. The standard InChI is InChI=1S/C13H26N2/c1-2-3-4-5-6-7-8-9-10-11-12-15-13-14/h15H,2-12H2,1H3. The van der Waals surface area contributed by atoms with Gasteiger partial charge in [-0.3, -0.25) is 0 Å². The molecule has 2 nitrogen and oxygen atoms in total. The molecule has 0 amide bonds. The van der Waals surface area contributed by atoms with E-state index in [4.69, 9.17) is 5.26 Å². The lowest BCUT2D eigenvalue weighted by atomic mass is 10.1. The van der Waals surface area contributed by atoms with Crippen LogP contribution in [0.1, 0.15) is 71.1 Å². The molecular weight excluding hydrogens is 184 g/mol. The minimum Gasteiger partial charge on any atom is -0.324 e. The zero-order valence-electron chi connectivity index (χ0n) is 10.2. The summed E-state index contributed by atoms with van der Waals surface area (Å²) in [7, 11) is 0. The lowest BCUT2D eigenvalue weighted by Crippen LogP contribution is -2.06. The summed E-state index contributed by atoms with van der Waals surface area (Å²) in [5.41, 5.74) is 0. The molecule has 0 aliphatic carbocycles. The third-order valence-electron chi connectivity index (χ3n) is 2.73. The largest absolute Gasteiger partial charge is 0.324 e. The van der Waals surface area contributed by atoms with Crippen LogP contribution in [0.5, 0.6) is 0 Å². The van der Waals surface area contributed by atoms with Gasteiger partial charge in [0.05, 0.1) is 0 Å². The summed E-state index contributed by atoms with van der Waals surface area (Å²) in [5, 5.41) is 10.9. The van der Waals surface area contributed by atoms with Crippen molar-refractivity contribution in [2.24, 2.45) is 0 Å². The molecule has 0 aromatic rings. The van der Waals surface area contributed by atoms with Crippen molar-refractivity contribution < 1.29 is 0 Å². The van der Waals surface area contributed by atoms with Gasteiger partial charge >= 0.3 is 0 Å². The van der Waals surface area contributed by atoms with Crippen LogP contribution in [0.15, 0.2) is 0 Å². The molecule has 88 valence electrons. The first-order valence-electron chi connectivity index (χ1n) is 6.53. The molecule has 0 aliphatic heterocycles. The van der Waals surface area contributed by atoms with Crippen molar-refractivity contribution in [1.82, 2.24) is 5.32 Å². The van der Waals surface area contributed by atoms with E-state index < -0.39 is 0 Å². The third-order valence-corrected chi connectivity index (χ3v) is 2.73. The van der Waals surface area contributed by atoms with Gasteiger partial charge in [-0.25, -0.2) is 0 Å². The maximum atomic E-state index is 8.25. The Hall–Kier alpha value is -0.710. The first kappa shape index (κ1) is 14.3. The van der Waals surface area contributed by atoms with Crippen molar-refractivity contribution in [2.45, 2.75) is 71.1 Å². The van der Waals surface area contributed by atoms with Gasteiger partial charge in [0, 0.05) is 6.54 Å². The Morgan fingerprint density at radius 1 is 0.800 bits per heavy atom. The molecule has 0 radical (unpaired) electrons. The Kier molecular flexibility index (Phi) is 12.7. The van der Waals surface area contributed by atoms with E-state index in [-0.39, 0.29) is 0 Å². The van der Waals surface area contributed by atoms with E-state index in [9.17, 15) is 0 Å². The van der Waals surface area contributed by atoms with Crippen molar-refractivity contribution in [2.75, 3.05) is 6.54 Å². The van der Waals surface area contributed by atoms with Gasteiger partial charge < -0.3 is 5.32 Å². The Bertz CT molecular complexity index is 149. The van der Waals surface area contributed by atoms with Gasteiger partial charge in [-0.05, 0) is 6.42 Å². The van der Waals surface area contributed by atoms with E-state index in [1.165, 1.54) is 57.8 Å². The van der Waals surface area contributed by atoms with E-state index >= 15 is 0 Å². The lowest BCUT2D eigenvalue weighted by molar-refractivity contribution is 0.554. The van der Waals surface area contributed by atoms with Gasteiger partial charge in [0.1, 0.15) is 0 Å². The maximum Gasteiger partial charge on any atom is 0.176 e. The Morgan fingerprint density at radius 3 is 1.73 bits per heavy atom. The highest BCUT2D eigenvalue weighted by molar-refractivity contribution is 4.63. The van der Waals surface area contributed by atoms with Crippen molar-refractivity contribution >= 4 is 0 Å². The summed E-state index contributed by atoms with van der Waals surface area (Å²) < 4.78 is 0. The number of nitrogens with zero attached hydrogens (tertiary/aromatic N) is 1. The Labute approximate surface area is 95.1 Å². The molecule has 0 aromatic heterocycles. The van der Waals surface area contributed by atoms with E-state index in [0.29, 0.717) is 0 Å². The fourth-order valence-electron chi connectivity index (χ4n) is 1.76. The normalized spacial score (nSPS) is 9.87. The molecule has 0 spiro atoms. The van der Waals surface area contributed by atoms with Crippen molar-refractivity contribution in [3.63, 3.8) is 0 Å². The number of rotatable bonds is 11. The average Bonchev–Trinajstić information content (AvgIpc) is 2.26. The van der Waals surface area contributed by atoms with Gasteiger partial charge in [-0.2, -0.15) is 5.26 Å². The Morgan fingerprint density at radius 2 is 1.27 bits per heavy atom. The summed E-state index contributed by atoms with van der Waals surface area (Å²) in [4.78, 5) is 0. The van der Waals surface area contributed by atoms with Crippen molar-refractivity contribution in [3.8, 4) is 6.19 Å². The molecule has 0 fully saturated rings. The number of nitriles is 1. The number of nitrogens with one attached hydrogen (secondary N) is 1. The van der Waals surface area contributed by atoms with Crippen LogP contribution in [0.4, 0.5) is 0 Å². The monoisotopic (exact) mass is 210 g/mol. The second kappa shape index (κ2) is 13.3.